The molecule has 174 valence electrons. The smallest absolute Gasteiger partial charge is 0.278 e. The maximum Gasteiger partial charge on any atom is 0.278 e. The van der Waals surface area contributed by atoms with Crippen LogP contribution in [0.15, 0.2) is 71.0 Å². The summed E-state index contributed by atoms with van der Waals surface area (Å²) < 4.78 is 5.44. The average molecular weight is 456 g/mol. The Morgan fingerprint density at radius 2 is 1.56 bits per heavy atom. The minimum Gasteiger partial charge on any atom is -0.467 e. The highest BCUT2D eigenvalue weighted by molar-refractivity contribution is 6.35. The molecule has 0 spiro atoms. The molecule has 6 nitrogen and oxygen atoms in total. The Bertz CT molecular complexity index is 1270. The normalized spacial score (nSPS) is 16.7. The van der Waals surface area contributed by atoms with Crippen molar-refractivity contribution in [1.29, 1.82) is 0 Å². The van der Waals surface area contributed by atoms with Crippen LogP contribution in [-0.4, -0.2) is 47.8 Å². The minimum absolute atomic E-state index is 0.131. The Balaban J connectivity index is 1.47. The molecular formula is C28H29N3O3. The van der Waals surface area contributed by atoms with Crippen molar-refractivity contribution in [2.75, 3.05) is 31.1 Å². The zero-order chi connectivity index (χ0) is 23.8. The average Bonchev–Trinajstić information content (AvgIpc) is 3.43. The van der Waals surface area contributed by atoms with Crippen LogP contribution in [0.1, 0.15) is 28.0 Å². The molecule has 2 aliphatic rings. The zero-order valence-corrected chi connectivity index (χ0v) is 19.9. The van der Waals surface area contributed by atoms with Crippen molar-refractivity contribution in [3.63, 3.8) is 0 Å². The fraction of sp³-hybridized carbons (Fsp3) is 0.286. The van der Waals surface area contributed by atoms with Gasteiger partial charge >= 0.3 is 0 Å². The van der Waals surface area contributed by atoms with Gasteiger partial charge in [-0.05, 0) is 67.3 Å². The van der Waals surface area contributed by atoms with E-state index < -0.39 is 0 Å². The van der Waals surface area contributed by atoms with Crippen LogP contribution in [0.3, 0.4) is 0 Å². The molecule has 1 fully saturated rings. The highest BCUT2D eigenvalue weighted by Crippen LogP contribution is 2.34. The number of benzene rings is 2. The van der Waals surface area contributed by atoms with Crippen molar-refractivity contribution < 1.29 is 14.0 Å². The molecule has 0 unspecified atom stereocenters. The maximum absolute atomic E-state index is 13.6. The van der Waals surface area contributed by atoms with E-state index in [1.54, 1.807) is 18.4 Å². The third kappa shape index (κ3) is 4.00. The molecule has 0 radical (unpaired) electrons. The number of hydrogen-bond acceptors (Lipinski definition) is 5. The maximum atomic E-state index is 13.6. The highest BCUT2D eigenvalue weighted by Gasteiger charge is 2.42. The molecule has 0 saturated carbocycles. The number of hydrogen-bond donors (Lipinski definition) is 0. The van der Waals surface area contributed by atoms with Gasteiger partial charge in [0.2, 0.25) is 0 Å². The van der Waals surface area contributed by atoms with Gasteiger partial charge in [-0.15, -0.1) is 0 Å². The molecule has 0 bridgehead atoms. The fourth-order valence-electron chi connectivity index (χ4n) is 4.73. The first-order chi connectivity index (χ1) is 16.4. The number of rotatable bonds is 5. The molecular weight excluding hydrogens is 426 g/mol. The van der Waals surface area contributed by atoms with E-state index in [-0.39, 0.29) is 18.4 Å². The van der Waals surface area contributed by atoms with Crippen molar-refractivity contribution in [2.45, 2.75) is 27.3 Å². The number of piperazine rings is 1. The van der Waals surface area contributed by atoms with Gasteiger partial charge in [0.15, 0.2) is 0 Å². The number of carbonyl (C=O) groups is 2. The Morgan fingerprint density at radius 3 is 2.24 bits per heavy atom. The largest absolute Gasteiger partial charge is 0.467 e. The fourth-order valence-corrected chi connectivity index (χ4v) is 4.73. The Morgan fingerprint density at radius 1 is 0.794 bits per heavy atom. The highest BCUT2D eigenvalue weighted by atomic mass is 16.3. The van der Waals surface area contributed by atoms with Gasteiger partial charge in [0.25, 0.3) is 11.8 Å². The van der Waals surface area contributed by atoms with Gasteiger partial charge in [0.1, 0.15) is 11.5 Å². The molecule has 0 N–H and O–H groups in total. The van der Waals surface area contributed by atoms with E-state index in [0.29, 0.717) is 30.1 Å². The number of imide groups is 1. The van der Waals surface area contributed by atoms with Crippen LogP contribution in [-0.2, 0) is 16.1 Å². The second-order valence-electron chi connectivity index (χ2n) is 9.11. The summed E-state index contributed by atoms with van der Waals surface area (Å²) in [6, 6.07) is 18.0. The third-order valence-electron chi connectivity index (χ3n) is 6.80. The first kappa shape index (κ1) is 22.0. The van der Waals surface area contributed by atoms with Crippen LogP contribution in [0, 0.1) is 20.8 Å². The van der Waals surface area contributed by atoms with Gasteiger partial charge < -0.3 is 14.2 Å². The predicted octanol–water partition coefficient (Wildman–Crippen LogP) is 4.31. The summed E-state index contributed by atoms with van der Waals surface area (Å²) in [5, 5.41) is 0. The molecule has 0 aliphatic carbocycles. The van der Waals surface area contributed by atoms with Gasteiger partial charge in [-0.1, -0.05) is 30.3 Å². The monoisotopic (exact) mass is 455 g/mol. The first-order valence-electron chi connectivity index (χ1n) is 11.7. The lowest BCUT2D eigenvalue weighted by Gasteiger charge is -2.37. The van der Waals surface area contributed by atoms with E-state index in [1.807, 2.05) is 32.0 Å². The summed E-state index contributed by atoms with van der Waals surface area (Å²) in [5.41, 5.74) is 6.45. The molecule has 6 heteroatoms. The second kappa shape index (κ2) is 8.86. The molecule has 34 heavy (non-hydrogen) atoms. The Hall–Kier alpha value is -3.80. The van der Waals surface area contributed by atoms with E-state index in [1.165, 1.54) is 16.2 Å². The molecule has 2 aromatic carbocycles. The summed E-state index contributed by atoms with van der Waals surface area (Å²) in [4.78, 5) is 32.9. The molecule has 1 aromatic heterocycles. The molecule has 2 amide bonds. The number of aryl methyl sites for hydroxylation is 3. The summed E-state index contributed by atoms with van der Waals surface area (Å²) in [5.74, 6) is 0.0750. The number of furan rings is 1. The molecule has 2 aliphatic heterocycles. The molecule has 5 rings (SSSR count). The van der Waals surface area contributed by atoms with Gasteiger partial charge in [0.05, 0.1) is 18.4 Å². The van der Waals surface area contributed by atoms with Crippen LogP contribution >= 0.6 is 0 Å². The first-order valence-corrected chi connectivity index (χ1v) is 11.7. The lowest BCUT2D eigenvalue weighted by atomic mass is 9.99. The number of nitrogens with zero attached hydrogens (tertiary/aromatic N) is 3. The number of amides is 2. The molecule has 0 atom stereocenters. The van der Waals surface area contributed by atoms with Crippen molar-refractivity contribution in [2.24, 2.45) is 0 Å². The van der Waals surface area contributed by atoms with Gasteiger partial charge in [-0.2, -0.15) is 0 Å². The third-order valence-corrected chi connectivity index (χ3v) is 6.80. The van der Waals surface area contributed by atoms with Gasteiger partial charge in [0, 0.05) is 31.9 Å². The quantitative estimate of drug-likeness (QED) is 0.537. The lowest BCUT2D eigenvalue weighted by Crippen LogP contribution is -2.47. The van der Waals surface area contributed by atoms with E-state index in [2.05, 4.69) is 41.0 Å². The van der Waals surface area contributed by atoms with Crippen molar-refractivity contribution in [1.82, 2.24) is 9.80 Å². The van der Waals surface area contributed by atoms with Crippen LogP contribution in [0.25, 0.3) is 5.57 Å². The van der Waals surface area contributed by atoms with E-state index in [4.69, 9.17) is 4.42 Å². The van der Waals surface area contributed by atoms with Gasteiger partial charge in [-0.25, -0.2) is 0 Å². The summed E-state index contributed by atoms with van der Waals surface area (Å²) in [6.07, 6.45) is 1.56. The minimum atomic E-state index is -0.263. The summed E-state index contributed by atoms with van der Waals surface area (Å²) >= 11 is 0. The standard InChI is InChI=1S/C28H29N3O3/c1-19-6-4-7-23(16-19)29-11-13-30(14-12-29)26-25(22-10-9-20(2)21(3)17-22)27(32)31(28(26)33)18-24-8-5-15-34-24/h4-10,15-17H,11-14,18H2,1-3H3. The molecule has 3 heterocycles. The lowest BCUT2D eigenvalue weighted by molar-refractivity contribution is -0.138. The van der Waals surface area contributed by atoms with Crippen LogP contribution in [0.5, 0.6) is 0 Å². The summed E-state index contributed by atoms with van der Waals surface area (Å²) in [7, 11) is 0. The van der Waals surface area contributed by atoms with Crippen molar-refractivity contribution >= 4 is 23.1 Å². The Labute approximate surface area is 200 Å². The SMILES string of the molecule is Cc1cccc(N2CCN(C3=C(c4ccc(C)c(C)c4)C(=O)N(Cc4ccco4)C3=O)CC2)c1. The van der Waals surface area contributed by atoms with Crippen LogP contribution in [0.2, 0.25) is 0 Å². The summed E-state index contributed by atoms with van der Waals surface area (Å²) in [6.45, 7) is 9.21. The molecule has 3 aromatic rings. The van der Waals surface area contributed by atoms with E-state index in [9.17, 15) is 9.59 Å². The van der Waals surface area contributed by atoms with E-state index >= 15 is 0 Å². The van der Waals surface area contributed by atoms with E-state index in [0.717, 1.165) is 29.8 Å². The molecule has 1 saturated heterocycles. The Kier molecular flexibility index (Phi) is 5.74. The number of carbonyl (C=O) groups excluding carboxylic acids is 2. The van der Waals surface area contributed by atoms with Crippen LogP contribution < -0.4 is 4.90 Å². The van der Waals surface area contributed by atoms with Crippen molar-refractivity contribution in [3.05, 3.63) is 94.6 Å². The van der Waals surface area contributed by atoms with Crippen LogP contribution in [0.4, 0.5) is 5.69 Å². The number of anilines is 1. The van der Waals surface area contributed by atoms with Crippen molar-refractivity contribution in [3.8, 4) is 0 Å². The topological polar surface area (TPSA) is 57.0 Å². The van der Waals surface area contributed by atoms with Gasteiger partial charge in [-0.3, -0.25) is 14.5 Å². The second-order valence-corrected chi connectivity index (χ2v) is 9.11. The zero-order valence-electron chi connectivity index (χ0n) is 19.9. The predicted molar refractivity (Wildman–Crippen MR) is 132 cm³/mol.